The van der Waals surface area contributed by atoms with E-state index in [-0.39, 0.29) is 17.9 Å². The van der Waals surface area contributed by atoms with E-state index in [0.29, 0.717) is 12.8 Å². The molecule has 0 saturated heterocycles. The summed E-state index contributed by atoms with van der Waals surface area (Å²) in [5, 5.41) is 17.0. The maximum Gasteiger partial charge on any atom is 0.312 e. The number of carbonyl (C=O) groups is 2. The summed E-state index contributed by atoms with van der Waals surface area (Å²) in [7, 11) is 0. The van der Waals surface area contributed by atoms with Gasteiger partial charge in [-0.05, 0) is 24.8 Å². The van der Waals surface area contributed by atoms with Crippen molar-refractivity contribution in [2.24, 2.45) is 5.92 Å². The van der Waals surface area contributed by atoms with Crippen LogP contribution in [-0.2, 0) is 15.0 Å². The summed E-state index contributed by atoms with van der Waals surface area (Å²) < 4.78 is 0. The number of benzene rings is 1. The van der Waals surface area contributed by atoms with Crippen molar-refractivity contribution in [3.63, 3.8) is 0 Å². The summed E-state index contributed by atoms with van der Waals surface area (Å²) in [4.78, 5) is 23.5. The Balaban J connectivity index is 2.25. The molecule has 0 radical (unpaired) electrons. The van der Waals surface area contributed by atoms with Crippen molar-refractivity contribution in [3.05, 3.63) is 35.9 Å². The Hall–Kier alpha value is -1.97. The van der Waals surface area contributed by atoms with Gasteiger partial charge in [-0.25, -0.2) is 0 Å². The molecule has 0 aromatic heterocycles. The van der Waals surface area contributed by atoms with Gasteiger partial charge >= 0.3 is 5.97 Å². The largest absolute Gasteiger partial charge is 0.481 e. The summed E-state index contributed by atoms with van der Waals surface area (Å²) in [6.45, 7) is 1.68. The van der Waals surface area contributed by atoms with Gasteiger partial charge in [0.05, 0.1) is 11.1 Å². The van der Waals surface area contributed by atoms with Crippen LogP contribution in [0.25, 0.3) is 0 Å². The van der Waals surface area contributed by atoms with E-state index < -0.39 is 17.3 Å². The standard InChI is InChI=1S/C15H17NO3/c1-2-11(14(18)19)12(16)13(17)15(8-9-15)10-6-4-3-5-7-10/h3-7,11,16H,2,8-9H2,1H3,(H,18,19). The van der Waals surface area contributed by atoms with Crippen LogP contribution in [0.2, 0.25) is 0 Å². The molecule has 1 aliphatic carbocycles. The van der Waals surface area contributed by atoms with Crippen LogP contribution in [0.5, 0.6) is 0 Å². The van der Waals surface area contributed by atoms with E-state index >= 15 is 0 Å². The highest BCUT2D eigenvalue weighted by atomic mass is 16.4. The molecule has 0 spiro atoms. The fourth-order valence-corrected chi connectivity index (χ4v) is 2.45. The first-order valence-electron chi connectivity index (χ1n) is 6.44. The minimum absolute atomic E-state index is 0.267. The molecule has 4 heteroatoms. The molecule has 1 aliphatic rings. The van der Waals surface area contributed by atoms with Crippen molar-refractivity contribution in [1.29, 1.82) is 5.41 Å². The molecule has 0 aliphatic heterocycles. The molecule has 2 rings (SSSR count). The van der Waals surface area contributed by atoms with Gasteiger partial charge in [0.1, 0.15) is 5.92 Å². The van der Waals surface area contributed by atoms with E-state index in [1.54, 1.807) is 6.92 Å². The van der Waals surface area contributed by atoms with Gasteiger partial charge in [0.2, 0.25) is 0 Å². The van der Waals surface area contributed by atoms with Crippen LogP contribution in [-0.4, -0.2) is 22.6 Å². The predicted molar refractivity (Wildman–Crippen MR) is 71.5 cm³/mol. The van der Waals surface area contributed by atoms with E-state index in [4.69, 9.17) is 10.5 Å². The normalized spacial score (nSPS) is 17.5. The second kappa shape index (κ2) is 4.96. The molecule has 1 unspecified atom stereocenters. The number of carbonyl (C=O) groups excluding carboxylic acids is 1. The number of rotatable bonds is 6. The molecule has 19 heavy (non-hydrogen) atoms. The highest BCUT2D eigenvalue weighted by Crippen LogP contribution is 2.49. The Kier molecular flexibility index (Phi) is 3.51. The van der Waals surface area contributed by atoms with Gasteiger partial charge in [-0.15, -0.1) is 0 Å². The Morgan fingerprint density at radius 2 is 1.89 bits per heavy atom. The Labute approximate surface area is 112 Å². The van der Waals surface area contributed by atoms with E-state index in [2.05, 4.69) is 0 Å². The van der Waals surface area contributed by atoms with Crippen molar-refractivity contribution < 1.29 is 14.7 Å². The summed E-state index contributed by atoms with van der Waals surface area (Å²) in [5.41, 5.74) is -0.0114. The molecule has 1 atom stereocenters. The molecular weight excluding hydrogens is 242 g/mol. The summed E-state index contributed by atoms with van der Waals surface area (Å²) in [6, 6.07) is 9.35. The quantitative estimate of drug-likeness (QED) is 0.770. The van der Waals surface area contributed by atoms with Gasteiger partial charge < -0.3 is 10.5 Å². The Morgan fingerprint density at radius 1 is 1.32 bits per heavy atom. The smallest absolute Gasteiger partial charge is 0.312 e. The maximum atomic E-state index is 12.4. The zero-order chi connectivity index (χ0) is 14.0. The SMILES string of the molecule is CCC(C(=N)C(=O)C1(c2ccccc2)CC1)C(=O)O. The van der Waals surface area contributed by atoms with Crippen molar-refractivity contribution in [1.82, 2.24) is 0 Å². The fraction of sp³-hybridized carbons (Fsp3) is 0.400. The van der Waals surface area contributed by atoms with Crippen LogP contribution in [0, 0.1) is 11.3 Å². The lowest BCUT2D eigenvalue weighted by molar-refractivity contribution is -0.140. The average Bonchev–Trinajstić information content (AvgIpc) is 3.20. The Bertz CT molecular complexity index is 517. The third-order valence-electron chi connectivity index (χ3n) is 3.81. The molecule has 1 fully saturated rings. The lowest BCUT2D eigenvalue weighted by Gasteiger charge is -2.18. The van der Waals surface area contributed by atoms with Crippen molar-refractivity contribution in [2.45, 2.75) is 31.6 Å². The van der Waals surface area contributed by atoms with Crippen LogP contribution in [0.1, 0.15) is 31.7 Å². The molecule has 0 amide bonds. The molecule has 1 aromatic carbocycles. The molecule has 2 N–H and O–H groups in total. The zero-order valence-electron chi connectivity index (χ0n) is 10.8. The molecule has 4 nitrogen and oxygen atoms in total. The first kappa shape index (κ1) is 13.5. The first-order chi connectivity index (χ1) is 9.03. The van der Waals surface area contributed by atoms with Crippen LogP contribution in [0.15, 0.2) is 30.3 Å². The van der Waals surface area contributed by atoms with Crippen molar-refractivity contribution >= 4 is 17.5 Å². The van der Waals surface area contributed by atoms with Crippen LogP contribution in [0.3, 0.4) is 0 Å². The number of ketones is 1. The lowest BCUT2D eigenvalue weighted by atomic mass is 9.84. The summed E-state index contributed by atoms with van der Waals surface area (Å²) in [5.74, 6) is -2.41. The van der Waals surface area contributed by atoms with Gasteiger partial charge in [0.15, 0.2) is 5.78 Å². The van der Waals surface area contributed by atoms with Gasteiger partial charge in [0, 0.05) is 0 Å². The van der Waals surface area contributed by atoms with E-state index in [9.17, 15) is 9.59 Å². The minimum atomic E-state index is -1.09. The van der Waals surface area contributed by atoms with E-state index in [1.165, 1.54) is 0 Å². The summed E-state index contributed by atoms with van der Waals surface area (Å²) in [6.07, 6.45) is 1.67. The van der Waals surface area contributed by atoms with Gasteiger partial charge in [-0.2, -0.15) is 0 Å². The number of nitrogens with one attached hydrogen (secondary N) is 1. The number of carboxylic acid groups (broad SMARTS) is 1. The average molecular weight is 259 g/mol. The molecular formula is C15H17NO3. The number of aliphatic carboxylic acids is 1. The minimum Gasteiger partial charge on any atom is -0.481 e. The monoisotopic (exact) mass is 259 g/mol. The number of Topliss-reactive ketones (excluding diaryl/α,β-unsaturated/α-hetero) is 1. The topological polar surface area (TPSA) is 78.2 Å². The molecule has 1 saturated carbocycles. The maximum absolute atomic E-state index is 12.4. The highest BCUT2D eigenvalue weighted by Gasteiger charge is 2.53. The second-order valence-corrected chi connectivity index (χ2v) is 4.99. The van der Waals surface area contributed by atoms with Crippen LogP contribution in [0.4, 0.5) is 0 Å². The van der Waals surface area contributed by atoms with Crippen LogP contribution < -0.4 is 0 Å². The van der Waals surface area contributed by atoms with Gasteiger partial charge in [0.25, 0.3) is 0 Å². The van der Waals surface area contributed by atoms with Crippen molar-refractivity contribution in [2.75, 3.05) is 0 Å². The van der Waals surface area contributed by atoms with Gasteiger partial charge in [-0.3, -0.25) is 9.59 Å². The zero-order valence-corrected chi connectivity index (χ0v) is 10.8. The predicted octanol–water partition coefficient (Wildman–Crippen LogP) is 2.42. The van der Waals surface area contributed by atoms with Gasteiger partial charge in [-0.1, -0.05) is 37.3 Å². The lowest BCUT2D eigenvalue weighted by Crippen LogP contribution is -2.36. The van der Waals surface area contributed by atoms with Crippen molar-refractivity contribution in [3.8, 4) is 0 Å². The third kappa shape index (κ3) is 2.30. The molecule has 100 valence electrons. The number of carboxylic acids is 1. The second-order valence-electron chi connectivity index (χ2n) is 4.99. The summed E-state index contributed by atoms with van der Waals surface area (Å²) >= 11 is 0. The van der Waals surface area contributed by atoms with E-state index in [1.807, 2.05) is 30.3 Å². The molecule has 0 heterocycles. The number of hydrogen-bond donors (Lipinski definition) is 2. The molecule has 1 aromatic rings. The Morgan fingerprint density at radius 3 is 2.32 bits per heavy atom. The third-order valence-corrected chi connectivity index (χ3v) is 3.81. The fourth-order valence-electron chi connectivity index (χ4n) is 2.45. The molecule has 0 bridgehead atoms. The van der Waals surface area contributed by atoms with E-state index in [0.717, 1.165) is 5.56 Å². The van der Waals surface area contributed by atoms with Crippen LogP contribution >= 0.6 is 0 Å². The highest BCUT2D eigenvalue weighted by molar-refractivity contribution is 6.45. The number of hydrogen-bond acceptors (Lipinski definition) is 3. The first-order valence-corrected chi connectivity index (χ1v) is 6.44.